The maximum atomic E-state index is 12.9. The number of fused-ring (bicyclic) bond motifs is 1. The van der Waals surface area contributed by atoms with E-state index < -0.39 is 6.04 Å². The van der Waals surface area contributed by atoms with Crippen LogP contribution in [0.5, 0.6) is 0 Å². The highest BCUT2D eigenvalue weighted by atomic mass is 32.1. The van der Waals surface area contributed by atoms with Gasteiger partial charge in [0.25, 0.3) is 11.8 Å². The van der Waals surface area contributed by atoms with E-state index in [-0.39, 0.29) is 17.5 Å². The number of amides is 2. The number of hydrogen-bond acceptors (Lipinski definition) is 8. The van der Waals surface area contributed by atoms with Crippen LogP contribution in [0.4, 0.5) is 5.69 Å². The molecule has 1 aliphatic rings. The normalized spacial score (nSPS) is 15.1. The van der Waals surface area contributed by atoms with Crippen molar-refractivity contribution in [1.29, 1.82) is 0 Å². The van der Waals surface area contributed by atoms with Crippen LogP contribution < -0.4 is 10.6 Å². The average Bonchev–Trinajstić information content (AvgIpc) is 3.53. The van der Waals surface area contributed by atoms with Gasteiger partial charge in [-0.25, -0.2) is 15.0 Å². The number of anilines is 1. The van der Waals surface area contributed by atoms with Crippen LogP contribution >= 0.6 is 11.3 Å². The number of piperidine rings is 1. The number of thiazole rings is 1. The Morgan fingerprint density at radius 1 is 1.08 bits per heavy atom. The number of nitrogens with one attached hydrogen (secondary N) is 2. The van der Waals surface area contributed by atoms with Crippen molar-refractivity contribution < 1.29 is 9.59 Å². The quantitative estimate of drug-likeness (QED) is 0.395. The van der Waals surface area contributed by atoms with Gasteiger partial charge in [-0.3, -0.25) is 19.2 Å². The molecular weight excluding hydrogens is 476 g/mol. The molecule has 0 spiro atoms. The first-order valence-electron chi connectivity index (χ1n) is 12.0. The molecular formula is C25H28N8O2S. The second kappa shape index (κ2) is 10.5. The second-order valence-corrected chi connectivity index (χ2v) is 10.0. The maximum absolute atomic E-state index is 12.9. The lowest BCUT2D eigenvalue weighted by molar-refractivity contribution is 0.0936. The molecule has 1 aliphatic heterocycles. The highest BCUT2D eigenvalue weighted by Crippen LogP contribution is 2.23. The van der Waals surface area contributed by atoms with Gasteiger partial charge in [-0.05, 0) is 50.6 Å². The largest absolute Gasteiger partial charge is 0.342 e. The average molecular weight is 505 g/mol. The molecule has 4 heterocycles. The molecule has 1 aromatic carbocycles. The van der Waals surface area contributed by atoms with Gasteiger partial charge >= 0.3 is 0 Å². The Hall–Kier alpha value is -3.70. The zero-order valence-electron chi connectivity index (χ0n) is 20.3. The molecule has 36 heavy (non-hydrogen) atoms. The summed E-state index contributed by atoms with van der Waals surface area (Å²) >= 11 is 1.25. The van der Waals surface area contributed by atoms with Gasteiger partial charge in [-0.1, -0.05) is 18.6 Å². The third-order valence-corrected chi connectivity index (χ3v) is 7.43. The van der Waals surface area contributed by atoms with Crippen LogP contribution in [0.2, 0.25) is 0 Å². The lowest BCUT2D eigenvalue weighted by atomic mass is 10.1. The van der Waals surface area contributed by atoms with Crippen LogP contribution in [0.1, 0.15) is 63.0 Å². The molecule has 4 aromatic rings. The van der Waals surface area contributed by atoms with Gasteiger partial charge in [-0.15, -0.1) is 11.3 Å². The van der Waals surface area contributed by atoms with E-state index in [1.807, 2.05) is 25.1 Å². The van der Waals surface area contributed by atoms with E-state index in [4.69, 9.17) is 0 Å². The van der Waals surface area contributed by atoms with Crippen LogP contribution in [0.15, 0.2) is 43.0 Å². The van der Waals surface area contributed by atoms with Crippen LogP contribution in [-0.2, 0) is 13.6 Å². The summed E-state index contributed by atoms with van der Waals surface area (Å²) in [5, 5.41) is 11.2. The van der Waals surface area contributed by atoms with E-state index in [0.717, 1.165) is 25.3 Å². The minimum absolute atomic E-state index is 0.222. The van der Waals surface area contributed by atoms with E-state index in [9.17, 15) is 9.59 Å². The van der Waals surface area contributed by atoms with Gasteiger partial charge in [-0.2, -0.15) is 5.10 Å². The first-order valence-corrected chi connectivity index (χ1v) is 12.8. The van der Waals surface area contributed by atoms with E-state index in [1.54, 1.807) is 24.1 Å². The summed E-state index contributed by atoms with van der Waals surface area (Å²) in [5.41, 5.74) is 2.77. The lowest BCUT2D eigenvalue weighted by Crippen LogP contribution is -2.29. The Labute approximate surface area is 212 Å². The zero-order valence-corrected chi connectivity index (χ0v) is 21.1. The predicted molar refractivity (Wildman–Crippen MR) is 138 cm³/mol. The lowest BCUT2D eigenvalue weighted by Gasteiger charge is -2.26. The number of benzene rings is 1. The molecule has 2 N–H and O–H groups in total. The number of aromatic nitrogens is 5. The molecule has 3 aromatic heterocycles. The fraction of sp³-hybridized carbons (Fsp3) is 0.360. The fourth-order valence-corrected chi connectivity index (χ4v) is 5.19. The number of carbonyl (C=O) groups is 2. The molecule has 0 radical (unpaired) electrons. The summed E-state index contributed by atoms with van der Waals surface area (Å²) < 4.78 is 1.59. The highest BCUT2D eigenvalue weighted by molar-refractivity contribution is 7.13. The molecule has 0 aliphatic carbocycles. The van der Waals surface area contributed by atoms with E-state index in [1.165, 1.54) is 42.5 Å². The molecule has 1 saturated heterocycles. The summed E-state index contributed by atoms with van der Waals surface area (Å²) in [7, 11) is 1.76. The molecule has 2 amide bonds. The highest BCUT2D eigenvalue weighted by Gasteiger charge is 2.21. The topological polar surface area (TPSA) is 118 Å². The van der Waals surface area contributed by atoms with Gasteiger partial charge in [0.05, 0.1) is 23.8 Å². The number of likely N-dealkylation sites (tertiary alicyclic amines) is 1. The summed E-state index contributed by atoms with van der Waals surface area (Å²) in [6, 6.07) is 7.58. The number of nitrogens with zero attached hydrogens (tertiary/aromatic N) is 6. The number of rotatable bonds is 7. The summed E-state index contributed by atoms with van der Waals surface area (Å²) in [6.45, 7) is 4.96. The Morgan fingerprint density at radius 2 is 1.92 bits per heavy atom. The molecule has 1 atom stereocenters. The van der Waals surface area contributed by atoms with Crippen LogP contribution in [0.3, 0.4) is 0 Å². The summed E-state index contributed by atoms with van der Waals surface area (Å²) in [4.78, 5) is 41.3. The van der Waals surface area contributed by atoms with Crippen molar-refractivity contribution >= 4 is 39.9 Å². The Kier molecular flexibility index (Phi) is 7.01. The van der Waals surface area contributed by atoms with Crippen molar-refractivity contribution in [2.45, 2.75) is 38.8 Å². The molecule has 10 nitrogen and oxygen atoms in total. The fourth-order valence-electron chi connectivity index (χ4n) is 4.38. The van der Waals surface area contributed by atoms with Crippen molar-refractivity contribution in [1.82, 2.24) is 34.9 Å². The van der Waals surface area contributed by atoms with Crippen LogP contribution in [0, 0.1) is 0 Å². The monoisotopic (exact) mass is 504 g/mol. The van der Waals surface area contributed by atoms with E-state index in [0.29, 0.717) is 20.9 Å². The minimum Gasteiger partial charge on any atom is -0.342 e. The smallest absolute Gasteiger partial charge is 0.271 e. The molecule has 5 rings (SSSR count). The minimum atomic E-state index is -0.404. The molecule has 186 valence electrons. The molecule has 1 unspecified atom stereocenters. The van der Waals surface area contributed by atoms with Crippen LogP contribution in [0.25, 0.3) is 11.0 Å². The number of carbonyl (C=O) groups excluding carboxylic acids is 2. The van der Waals surface area contributed by atoms with Gasteiger partial charge in [0.2, 0.25) is 0 Å². The van der Waals surface area contributed by atoms with E-state index in [2.05, 4.69) is 41.7 Å². The van der Waals surface area contributed by atoms with Gasteiger partial charge in [0.15, 0.2) is 5.65 Å². The maximum Gasteiger partial charge on any atom is 0.271 e. The number of hydrogen-bond donors (Lipinski definition) is 2. The summed E-state index contributed by atoms with van der Waals surface area (Å²) in [5.74, 6) is -0.574. The zero-order chi connectivity index (χ0) is 25.1. The first-order chi connectivity index (χ1) is 17.5. The standard InChI is InChI=1S/C25H28N8O2S/c1-16(30-24(35)21-19-12-29-32(2)22(19)28-15-27-21)25-26-13-20(36-25)23(34)31-18-8-6-7-17(11-18)14-33-9-4-3-5-10-33/h6-8,11-13,15-16H,3-5,9-10,14H2,1-2H3,(H,30,35)(H,31,34). The Bertz CT molecular complexity index is 1390. The van der Waals surface area contributed by atoms with Crippen molar-refractivity contribution in [3.8, 4) is 0 Å². The molecule has 0 saturated carbocycles. The SMILES string of the molecule is CC(NC(=O)c1ncnc2c1cnn2C)c1ncc(C(=O)Nc2cccc(CN3CCCCC3)c2)s1. The first kappa shape index (κ1) is 24.0. The van der Waals surface area contributed by atoms with Crippen molar-refractivity contribution in [2.24, 2.45) is 7.05 Å². The Morgan fingerprint density at radius 3 is 2.75 bits per heavy atom. The van der Waals surface area contributed by atoms with Gasteiger partial charge in [0.1, 0.15) is 21.9 Å². The Balaban J connectivity index is 1.22. The van der Waals surface area contributed by atoms with Crippen molar-refractivity contribution in [3.05, 3.63) is 64.1 Å². The van der Waals surface area contributed by atoms with Crippen molar-refractivity contribution in [3.63, 3.8) is 0 Å². The third kappa shape index (κ3) is 5.26. The molecule has 0 bridgehead atoms. The third-order valence-electron chi connectivity index (χ3n) is 6.25. The van der Waals surface area contributed by atoms with Gasteiger partial charge < -0.3 is 10.6 Å². The molecule has 1 fully saturated rings. The van der Waals surface area contributed by atoms with E-state index >= 15 is 0 Å². The second-order valence-electron chi connectivity index (χ2n) is 8.98. The van der Waals surface area contributed by atoms with Gasteiger partial charge in [0, 0.05) is 19.3 Å². The van der Waals surface area contributed by atoms with Crippen LogP contribution in [-0.4, -0.2) is 54.5 Å². The predicted octanol–water partition coefficient (Wildman–Crippen LogP) is 3.55. The summed E-state index contributed by atoms with van der Waals surface area (Å²) in [6.07, 6.45) is 8.26. The molecule has 11 heteroatoms. The number of aryl methyl sites for hydroxylation is 1. The van der Waals surface area contributed by atoms with Crippen molar-refractivity contribution in [2.75, 3.05) is 18.4 Å².